The minimum atomic E-state index is -2.40. The molecule has 0 aromatic heterocycles. The standard InChI is InChI=1S/C22H30OSi/c1-18(2)19(3)17-23-24(22(4,5)6,20-13-9-7-10-14-20)21-15-11-8-12-16-21/h7-16,19H,1,17H2,2-6H3/t19-/m1/s1. The first kappa shape index (κ1) is 18.7. The summed E-state index contributed by atoms with van der Waals surface area (Å²) in [6.45, 7) is 16.0. The first-order valence-electron chi connectivity index (χ1n) is 8.69. The van der Waals surface area contributed by atoms with Crippen molar-refractivity contribution in [1.29, 1.82) is 0 Å². The molecule has 1 atom stereocenters. The van der Waals surface area contributed by atoms with Gasteiger partial charge < -0.3 is 4.43 Å². The van der Waals surface area contributed by atoms with E-state index in [1.54, 1.807) is 0 Å². The molecule has 0 saturated carbocycles. The van der Waals surface area contributed by atoms with Gasteiger partial charge in [0.05, 0.1) is 0 Å². The van der Waals surface area contributed by atoms with Crippen molar-refractivity contribution in [3.8, 4) is 0 Å². The second-order valence-corrected chi connectivity index (χ2v) is 12.0. The molecule has 0 fully saturated rings. The SMILES string of the molecule is C=C(C)[C@H](C)CO[Si](c1ccccc1)(c1ccccc1)C(C)(C)C. The highest BCUT2D eigenvalue weighted by atomic mass is 28.4. The highest BCUT2D eigenvalue weighted by molar-refractivity contribution is 6.99. The van der Waals surface area contributed by atoms with Crippen molar-refractivity contribution in [2.24, 2.45) is 5.92 Å². The molecule has 0 bridgehead atoms. The fraction of sp³-hybridized carbons (Fsp3) is 0.364. The van der Waals surface area contributed by atoms with Gasteiger partial charge in [0, 0.05) is 6.61 Å². The maximum Gasteiger partial charge on any atom is 0.261 e. The van der Waals surface area contributed by atoms with Gasteiger partial charge in [-0.15, -0.1) is 0 Å². The molecule has 128 valence electrons. The predicted octanol–water partition coefficient (Wildman–Crippen LogP) is 4.78. The molecule has 24 heavy (non-hydrogen) atoms. The van der Waals surface area contributed by atoms with E-state index in [1.807, 2.05) is 0 Å². The molecule has 0 N–H and O–H groups in total. The number of benzene rings is 2. The van der Waals surface area contributed by atoms with Crippen LogP contribution in [0.4, 0.5) is 0 Å². The van der Waals surface area contributed by atoms with Gasteiger partial charge in [-0.3, -0.25) is 0 Å². The van der Waals surface area contributed by atoms with Gasteiger partial charge in [-0.1, -0.05) is 101 Å². The molecule has 0 saturated heterocycles. The third-order valence-corrected chi connectivity index (χ3v) is 9.81. The highest BCUT2D eigenvalue weighted by Gasteiger charge is 2.50. The average Bonchev–Trinajstić information content (AvgIpc) is 2.56. The van der Waals surface area contributed by atoms with Crippen LogP contribution in [0.25, 0.3) is 0 Å². The lowest BCUT2D eigenvalue weighted by atomic mass is 10.1. The van der Waals surface area contributed by atoms with Crippen LogP contribution >= 0.6 is 0 Å². The van der Waals surface area contributed by atoms with Gasteiger partial charge in [0.15, 0.2) is 0 Å². The smallest absolute Gasteiger partial charge is 0.261 e. The van der Waals surface area contributed by atoms with Crippen LogP contribution in [0.15, 0.2) is 72.8 Å². The van der Waals surface area contributed by atoms with Crippen LogP contribution in [0.5, 0.6) is 0 Å². The minimum absolute atomic E-state index is 0.0322. The van der Waals surface area contributed by atoms with E-state index in [0.717, 1.165) is 0 Å². The van der Waals surface area contributed by atoms with Gasteiger partial charge in [-0.05, 0) is 28.3 Å². The summed E-state index contributed by atoms with van der Waals surface area (Å²) in [4.78, 5) is 0. The third-order valence-electron chi connectivity index (χ3n) is 4.81. The lowest BCUT2D eigenvalue weighted by molar-refractivity contribution is 0.262. The van der Waals surface area contributed by atoms with Crippen LogP contribution in [0.2, 0.25) is 5.04 Å². The summed E-state index contributed by atoms with van der Waals surface area (Å²) in [5, 5.41) is 2.69. The van der Waals surface area contributed by atoms with Crippen molar-refractivity contribution in [3.05, 3.63) is 72.8 Å². The number of hydrogen-bond donors (Lipinski definition) is 0. The maximum atomic E-state index is 6.87. The molecule has 0 aliphatic carbocycles. The molecule has 0 unspecified atom stereocenters. The Bertz CT molecular complexity index is 616. The van der Waals surface area contributed by atoms with Crippen molar-refractivity contribution in [3.63, 3.8) is 0 Å². The first-order chi connectivity index (χ1) is 11.3. The summed E-state index contributed by atoms with van der Waals surface area (Å²) in [6, 6.07) is 21.6. The molecular weight excluding hydrogens is 308 g/mol. The van der Waals surface area contributed by atoms with E-state index in [1.165, 1.54) is 15.9 Å². The van der Waals surface area contributed by atoms with Crippen LogP contribution in [-0.4, -0.2) is 14.9 Å². The fourth-order valence-corrected chi connectivity index (χ4v) is 7.81. The topological polar surface area (TPSA) is 9.23 Å². The first-order valence-corrected chi connectivity index (χ1v) is 10.6. The Kier molecular flexibility index (Phi) is 5.84. The monoisotopic (exact) mass is 338 g/mol. The summed E-state index contributed by atoms with van der Waals surface area (Å²) in [6.07, 6.45) is 0. The Balaban J connectivity index is 2.59. The molecule has 2 aromatic carbocycles. The Morgan fingerprint density at radius 2 is 1.38 bits per heavy atom. The van der Waals surface area contributed by atoms with Crippen LogP contribution < -0.4 is 10.4 Å². The van der Waals surface area contributed by atoms with Crippen LogP contribution in [0.1, 0.15) is 34.6 Å². The second kappa shape index (κ2) is 7.50. The molecule has 0 amide bonds. The molecule has 0 aliphatic heterocycles. The van der Waals surface area contributed by atoms with Gasteiger partial charge in [0.1, 0.15) is 0 Å². The molecule has 0 heterocycles. The van der Waals surface area contributed by atoms with E-state index in [0.29, 0.717) is 12.5 Å². The lowest BCUT2D eigenvalue weighted by Crippen LogP contribution is -2.66. The van der Waals surface area contributed by atoms with Gasteiger partial charge in [-0.2, -0.15) is 0 Å². The van der Waals surface area contributed by atoms with Crippen molar-refractivity contribution in [2.75, 3.05) is 6.61 Å². The van der Waals surface area contributed by atoms with E-state index in [-0.39, 0.29) is 5.04 Å². The van der Waals surface area contributed by atoms with E-state index >= 15 is 0 Å². The molecule has 2 heteroatoms. The largest absolute Gasteiger partial charge is 0.407 e. The maximum absolute atomic E-state index is 6.87. The summed E-state index contributed by atoms with van der Waals surface area (Å²) < 4.78 is 6.87. The van der Waals surface area contributed by atoms with Gasteiger partial charge >= 0.3 is 0 Å². The van der Waals surface area contributed by atoms with Gasteiger partial charge in [0.25, 0.3) is 8.32 Å². The third kappa shape index (κ3) is 3.71. The zero-order valence-electron chi connectivity index (χ0n) is 15.7. The Morgan fingerprint density at radius 3 is 1.71 bits per heavy atom. The van der Waals surface area contributed by atoms with E-state index in [4.69, 9.17) is 4.43 Å². The van der Waals surface area contributed by atoms with E-state index in [9.17, 15) is 0 Å². The van der Waals surface area contributed by atoms with Crippen molar-refractivity contribution >= 4 is 18.7 Å². The second-order valence-electron chi connectivity index (χ2n) is 7.72. The zero-order chi connectivity index (χ0) is 17.8. The van der Waals surface area contributed by atoms with Crippen LogP contribution in [0, 0.1) is 5.92 Å². The molecule has 2 aromatic rings. The lowest BCUT2D eigenvalue weighted by Gasteiger charge is -2.43. The Morgan fingerprint density at radius 1 is 0.958 bits per heavy atom. The molecule has 0 radical (unpaired) electrons. The molecule has 0 aliphatic rings. The summed E-state index contributed by atoms with van der Waals surface area (Å²) in [5.41, 5.74) is 1.17. The predicted molar refractivity (Wildman–Crippen MR) is 108 cm³/mol. The summed E-state index contributed by atoms with van der Waals surface area (Å²) in [7, 11) is -2.40. The average molecular weight is 339 g/mol. The zero-order valence-corrected chi connectivity index (χ0v) is 16.7. The highest BCUT2D eigenvalue weighted by Crippen LogP contribution is 2.37. The quantitative estimate of drug-likeness (QED) is 0.544. The molecule has 2 rings (SSSR count). The Hall–Kier alpha value is -1.64. The van der Waals surface area contributed by atoms with Crippen molar-refractivity contribution in [1.82, 2.24) is 0 Å². The van der Waals surface area contributed by atoms with Gasteiger partial charge in [-0.25, -0.2) is 0 Å². The molecule has 1 nitrogen and oxygen atoms in total. The number of hydrogen-bond acceptors (Lipinski definition) is 1. The van der Waals surface area contributed by atoms with Crippen LogP contribution in [0.3, 0.4) is 0 Å². The Labute approximate surface area is 148 Å². The van der Waals surface area contributed by atoms with Gasteiger partial charge in [0.2, 0.25) is 0 Å². The van der Waals surface area contributed by atoms with E-state index < -0.39 is 8.32 Å². The van der Waals surface area contributed by atoms with Crippen LogP contribution in [-0.2, 0) is 4.43 Å². The van der Waals surface area contributed by atoms with Crippen molar-refractivity contribution in [2.45, 2.75) is 39.7 Å². The summed E-state index contributed by atoms with van der Waals surface area (Å²) in [5.74, 6) is 0.353. The minimum Gasteiger partial charge on any atom is -0.407 e. The normalized spacial score (nSPS) is 13.5. The molecule has 0 spiro atoms. The number of rotatable bonds is 6. The van der Waals surface area contributed by atoms with E-state index in [2.05, 4.69) is 102 Å². The molecular formula is C22H30OSi. The summed E-state index contributed by atoms with van der Waals surface area (Å²) >= 11 is 0. The fourth-order valence-electron chi connectivity index (χ4n) is 3.15. The van der Waals surface area contributed by atoms with Crippen molar-refractivity contribution < 1.29 is 4.43 Å².